The van der Waals surface area contributed by atoms with Gasteiger partial charge in [-0.05, 0) is 49.8 Å². The van der Waals surface area contributed by atoms with Crippen molar-refractivity contribution in [2.24, 2.45) is 0 Å². The molecule has 1 N–H and O–H groups in total. The number of piperidine rings is 2. The quantitative estimate of drug-likeness (QED) is 0.920. The lowest BCUT2D eigenvalue weighted by atomic mass is 9.89. The lowest BCUT2D eigenvalue weighted by Gasteiger charge is -2.32. The maximum atomic E-state index is 12.8. The molecular formula is C21H28N4O. The van der Waals surface area contributed by atoms with Crippen molar-refractivity contribution >= 4 is 5.91 Å². The standard InChI is InChI=1S/C21H28N4O/c26-21(16-25-20(8-12-23-25)19-7-4-11-22-15-19)24-13-9-18(10-14-24)17-5-2-1-3-6-17/h1-3,5-6,8,12,18-19,22H,4,7,9-11,13-16H2. The summed E-state index contributed by atoms with van der Waals surface area (Å²) < 4.78 is 1.92. The molecule has 0 saturated carbocycles. The monoisotopic (exact) mass is 352 g/mol. The van der Waals surface area contributed by atoms with E-state index >= 15 is 0 Å². The molecule has 26 heavy (non-hydrogen) atoms. The van der Waals surface area contributed by atoms with Crippen LogP contribution >= 0.6 is 0 Å². The Morgan fingerprint density at radius 2 is 1.88 bits per heavy atom. The molecule has 1 unspecified atom stereocenters. The fourth-order valence-corrected chi connectivity index (χ4v) is 4.34. The number of amides is 1. The van der Waals surface area contributed by atoms with Crippen LogP contribution in [0.5, 0.6) is 0 Å². The van der Waals surface area contributed by atoms with Gasteiger partial charge in [-0.1, -0.05) is 30.3 Å². The highest BCUT2D eigenvalue weighted by Crippen LogP contribution is 2.28. The van der Waals surface area contributed by atoms with Gasteiger partial charge in [0.25, 0.3) is 0 Å². The molecule has 2 saturated heterocycles. The second kappa shape index (κ2) is 8.04. The van der Waals surface area contributed by atoms with Crippen LogP contribution in [0, 0.1) is 0 Å². The zero-order chi connectivity index (χ0) is 17.8. The van der Waals surface area contributed by atoms with Gasteiger partial charge in [0, 0.05) is 37.4 Å². The molecule has 1 amide bonds. The maximum Gasteiger partial charge on any atom is 0.244 e. The summed E-state index contributed by atoms with van der Waals surface area (Å²) in [5.41, 5.74) is 2.60. The van der Waals surface area contributed by atoms with E-state index in [4.69, 9.17) is 0 Å². The molecule has 2 aromatic rings. The second-order valence-corrected chi connectivity index (χ2v) is 7.52. The third-order valence-corrected chi connectivity index (χ3v) is 5.87. The summed E-state index contributed by atoms with van der Waals surface area (Å²) in [6.45, 7) is 4.15. The van der Waals surface area contributed by atoms with E-state index in [-0.39, 0.29) is 5.91 Å². The number of nitrogens with one attached hydrogen (secondary N) is 1. The molecule has 3 heterocycles. The Balaban J connectivity index is 1.34. The Labute approximate surface area is 155 Å². The average molecular weight is 352 g/mol. The van der Waals surface area contributed by atoms with Crippen LogP contribution in [-0.4, -0.2) is 46.8 Å². The molecule has 4 rings (SSSR count). The molecular weight excluding hydrogens is 324 g/mol. The number of aromatic nitrogens is 2. The Morgan fingerprint density at radius 3 is 2.62 bits per heavy atom. The van der Waals surface area contributed by atoms with Crippen molar-refractivity contribution in [1.82, 2.24) is 20.0 Å². The van der Waals surface area contributed by atoms with Gasteiger partial charge in [0.05, 0.1) is 0 Å². The summed E-state index contributed by atoms with van der Waals surface area (Å²) in [4.78, 5) is 14.8. The van der Waals surface area contributed by atoms with Crippen molar-refractivity contribution in [3.05, 3.63) is 53.9 Å². The number of likely N-dealkylation sites (tertiary alicyclic amines) is 1. The zero-order valence-corrected chi connectivity index (χ0v) is 15.3. The lowest BCUT2D eigenvalue weighted by Crippen LogP contribution is -2.40. The molecule has 1 aromatic heterocycles. The first kappa shape index (κ1) is 17.3. The summed E-state index contributed by atoms with van der Waals surface area (Å²) >= 11 is 0. The van der Waals surface area contributed by atoms with Crippen molar-refractivity contribution < 1.29 is 4.79 Å². The molecule has 138 valence electrons. The van der Waals surface area contributed by atoms with Gasteiger partial charge in [0.15, 0.2) is 0 Å². The zero-order valence-electron chi connectivity index (χ0n) is 15.3. The van der Waals surface area contributed by atoms with E-state index in [0.717, 1.165) is 39.0 Å². The molecule has 2 aliphatic heterocycles. The third-order valence-electron chi connectivity index (χ3n) is 5.87. The van der Waals surface area contributed by atoms with Gasteiger partial charge in [-0.3, -0.25) is 9.48 Å². The van der Waals surface area contributed by atoms with Gasteiger partial charge in [0.2, 0.25) is 5.91 Å². The molecule has 5 heteroatoms. The topological polar surface area (TPSA) is 50.2 Å². The SMILES string of the molecule is O=C(Cn1nccc1C1CCCNC1)N1CCC(c2ccccc2)CC1. The maximum absolute atomic E-state index is 12.8. The predicted molar refractivity (Wildman–Crippen MR) is 102 cm³/mol. The van der Waals surface area contributed by atoms with Crippen LogP contribution < -0.4 is 5.32 Å². The minimum absolute atomic E-state index is 0.199. The predicted octanol–water partition coefficient (Wildman–Crippen LogP) is 2.76. The molecule has 2 fully saturated rings. The number of benzene rings is 1. The highest BCUT2D eigenvalue weighted by Gasteiger charge is 2.25. The van der Waals surface area contributed by atoms with Gasteiger partial charge >= 0.3 is 0 Å². The van der Waals surface area contributed by atoms with Crippen molar-refractivity contribution in [3.8, 4) is 0 Å². The van der Waals surface area contributed by atoms with Crippen LogP contribution in [0.3, 0.4) is 0 Å². The lowest BCUT2D eigenvalue weighted by molar-refractivity contribution is -0.133. The highest BCUT2D eigenvalue weighted by molar-refractivity contribution is 5.76. The summed E-state index contributed by atoms with van der Waals surface area (Å²) in [5.74, 6) is 1.25. The van der Waals surface area contributed by atoms with E-state index in [2.05, 4.69) is 46.8 Å². The fourth-order valence-electron chi connectivity index (χ4n) is 4.34. The highest BCUT2D eigenvalue weighted by atomic mass is 16.2. The summed E-state index contributed by atoms with van der Waals surface area (Å²) in [5, 5.41) is 7.88. The van der Waals surface area contributed by atoms with Gasteiger partial charge in [-0.15, -0.1) is 0 Å². The molecule has 2 aliphatic rings. The van der Waals surface area contributed by atoms with E-state index in [1.165, 1.54) is 24.1 Å². The Hall–Kier alpha value is -2.14. The van der Waals surface area contributed by atoms with Crippen molar-refractivity contribution in [1.29, 1.82) is 0 Å². The average Bonchev–Trinajstić information content (AvgIpc) is 3.17. The number of hydrogen-bond donors (Lipinski definition) is 1. The van der Waals surface area contributed by atoms with Crippen LogP contribution in [0.4, 0.5) is 0 Å². The van der Waals surface area contributed by atoms with E-state index in [1.54, 1.807) is 0 Å². The van der Waals surface area contributed by atoms with E-state index in [1.807, 2.05) is 15.8 Å². The van der Waals surface area contributed by atoms with Crippen LogP contribution in [0.2, 0.25) is 0 Å². The number of carbonyl (C=O) groups excluding carboxylic acids is 1. The molecule has 0 bridgehead atoms. The normalized spacial score (nSPS) is 21.7. The third kappa shape index (κ3) is 3.83. The molecule has 1 aromatic carbocycles. The van der Waals surface area contributed by atoms with Crippen LogP contribution in [0.25, 0.3) is 0 Å². The van der Waals surface area contributed by atoms with Crippen LogP contribution in [0.1, 0.15) is 48.8 Å². The Bertz CT molecular complexity index is 713. The van der Waals surface area contributed by atoms with E-state index in [9.17, 15) is 4.79 Å². The van der Waals surface area contributed by atoms with Crippen molar-refractivity contribution in [2.75, 3.05) is 26.2 Å². The summed E-state index contributed by atoms with van der Waals surface area (Å²) in [7, 11) is 0. The summed E-state index contributed by atoms with van der Waals surface area (Å²) in [6.07, 6.45) is 6.30. The first-order valence-electron chi connectivity index (χ1n) is 9.86. The number of hydrogen-bond acceptors (Lipinski definition) is 3. The largest absolute Gasteiger partial charge is 0.341 e. The first-order chi connectivity index (χ1) is 12.8. The first-order valence-corrected chi connectivity index (χ1v) is 9.86. The molecule has 0 spiro atoms. The fraction of sp³-hybridized carbons (Fsp3) is 0.524. The van der Waals surface area contributed by atoms with Gasteiger partial charge in [0.1, 0.15) is 6.54 Å². The second-order valence-electron chi connectivity index (χ2n) is 7.52. The molecule has 5 nitrogen and oxygen atoms in total. The van der Waals surface area contributed by atoms with Crippen LogP contribution in [-0.2, 0) is 11.3 Å². The smallest absolute Gasteiger partial charge is 0.244 e. The van der Waals surface area contributed by atoms with Crippen LogP contribution in [0.15, 0.2) is 42.6 Å². The van der Waals surface area contributed by atoms with Gasteiger partial charge in [-0.25, -0.2) is 0 Å². The van der Waals surface area contributed by atoms with Crippen molar-refractivity contribution in [2.45, 2.75) is 44.1 Å². The molecule has 1 atom stereocenters. The molecule has 0 aliphatic carbocycles. The van der Waals surface area contributed by atoms with Gasteiger partial charge < -0.3 is 10.2 Å². The Kier molecular flexibility index (Phi) is 5.34. The number of carbonyl (C=O) groups is 1. The van der Waals surface area contributed by atoms with E-state index in [0.29, 0.717) is 18.4 Å². The Morgan fingerprint density at radius 1 is 1.08 bits per heavy atom. The molecule has 0 radical (unpaired) electrons. The minimum Gasteiger partial charge on any atom is -0.341 e. The van der Waals surface area contributed by atoms with E-state index < -0.39 is 0 Å². The van der Waals surface area contributed by atoms with Gasteiger partial charge in [-0.2, -0.15) is 5.10 Å². The van der Waals surface area contributed by atoms with Crippen molar-refractivity contribution in [3.63, 3.8) is 0 Å². The minimum atomic E-state index is 0.199. The number of nitrogens with zero attached hydrogens (tertiary/aromatic N) is 3. The number of rotatable bonds is 4. The summed E-state index contributed by atoms with van der Waals surface area (Å²) in [6, 6.07) is 12.8.